The minimum atomic E-state index is -4.65. The Morgan fingerprint density at radius 3 is 2.56 bits per heavy atom. The van der Waals surface area contributed by atoms with Gasteiger partial charge in [-0.25, -0.2) is 9.37 Å². The van der Waals surface area contributed by atoms with Gasteiger partial charge >= 0.3 is 6.18 Å². The van der Waals surface area contributed by atoms with E-state index in [0.29, 0.717) is 43.0 Å². The highest BCUT2D eigenvalue weighted by molar-refractivity contribution is 6.30. The summed E-state index contributed by atoms with van der Waals surface area (Å²) >= 11 is 5.97. The highest BCUT2D eigenvalue weighted by atomic mass is 35.5. The van der Waals surface area contributed by atoms with Crippen molar-refractivity contribution in [1.29, 1.82) is 0 Å². The number of hydrogen-bond donors (Lipinski definition) is 1. The van der Waals surface area contributed by atoms with Crippen LogP contribution >= 0.6 is 11.6 Å². The lowest BCUT2D eigenvalue weighted by molar-refractivity contribution is -0.144. The molecule has 2 aromatic carbocycles. The molecule has 2 aromatic heterocycles. The molecule has 9 nitrogen and oxygen atoms in total. The van der Waals surface area contributed by atoms with Crippen molar-refractivity contribution < 1.29 is 31.8 Å². The number of pyridine rings is 1. The lowest BCUT2D eigenvalue weighted by Crippen LogP contribution is -2.34. The Kier molecular flexibility index (Phi) is 8.31. The van der Waals surface area contributed by atoms with Crippen LogP contribution in [0.2, 0.25) is 5.02 Å². The first-order valence-corrected chi connectivity index (χ1v) is 16.2. The topological polar surface area (TPSA) is 96.5 Å². The van der Waals surface area contributed by atoms with Gasteiger partial charge in [0.2, 0.25) is 11.7 Å². The third-order valence-corrected chi connectivity index (χ3v) is 9.74. The number of amides is 1. The summed E-state index contributed by atoms with van der Waals surface area (Å²) in [5, 5.41) is 6.02. The van der Waals surface area contributed by atoms with E-state index in [1.54, 1.807) is 37.1 Å². The van der Waals surface area contributed by atoms with Crippen LogP contribution in [0.4, 0.5) is 17.6 Å². The normalized spacial score (nSPS) is 21.8. The number of hydrogen-bond acceptors (Lipinski definition) is 7. The predicted octanol–water partition coefficient (Wildman–Crippen LogP) is 6.72. The number of nitrogens with one attached hydrogen (secondary N) is 1. The molecule has 4 aromatic rings. The Bertz CT molecular complexity index is 1860. The molecule has 7 rings (SSSR count). The van der Waals surface area contributed by atoms with Crippen molar-refractivity contribution in [1.82, 2.24) is 30.0 Å². The predicted molar refractivity (Wildman–Crippen MR) is 168 cm³/mol. The molecular formula is C34H33ClF4N6O3. The van der Waals surface area contributed by atoms with E-state index in [2.05, 4.69) is 20.0 Å². The first-order chi connectivity index (χ1) is 22.9. The summed E-state index contributed by atoms with van der Waals surface area (Å²) in [7, 11) is 1.77. The van der Waals surface area contributed by atoms with Crippen molar-refractivity contribution >= 4 is 17.5 Å². The molecule has 2 atom stereocenters. The molecule has 0 bridgehead atoms. The number of H-pyrrole nitrogens is 1. The number of fused-ring (bicyclic) bond motifs is 1. The highest BCUT2D eigenvalue weighted by Crippen LogP contribution is 2.50. The molecule has 1 amide bonds. The fourth-order valence-corrected chi connectivity index (χ4v) is 7.06. The van der Waals surface area contributed by atoms with Crippen LogP contribution in [0.25, 0.3) is 11.4 Å². The van der Waals surface area contributed by atoms with E-state index in [4.69, 9.17) is 21.1 Å². The third-order valence-electron chi connectivity index (χ3n) is 9.51. The molecule has 14 heteroatoms. The van der Waals surface area contributed by atoms with Crippen LogP contribution in [-0.4, -0.2) is 62.6 Å². The maximum absolute atomic E-state index is 14.9. The van der Waals surface area contributed by atoms with Gasteiger partial charge in [0, 0.05) is 55.3 Å². The van der Waals surface area contributed by atoms with Crippen LogP contribution in [0.3, 0.4) is 0 Å². The number of aromatic nitrogens is 4. The van der Waals surface area contributed by atoms with Gasteiger partial charge in [-0.15, -0.1) is 0 Å². The summed E-state index contributed by atoms with van der Waals surface area (Å²) in [5.74, 6) is -1.98. The number of carbonyl (C=O) groups excluding carboxylic acids is 1. The van der Waals surface area contributed by atoms with E-state index < -0.39 is 23.6 Å². The van der Waals surface area contributed by atoms with E-state index in [1.165, 1.54) is 12.3 Å². The summed E-state index contributed by atoms with van der Waals surface area (Å²) in [6.45, 7) is 4.36. The van der Waals surface area contributed by atoms with E-state index in [9.17, 15) is 22.4 Å². The van der Waals surface area contributed by atoms with Crippen molar-refractivity contribution in [3.8, 4) is 22.9 Å². The molecule has 0 aliphatic carbocycles. The Balaban J connectivity index is 1.07. The summed E-state index contributed by atoms with van der Waals surface area (Å²) in [6, 6.07) is 11.9. The van der Waals surface area contributed by atoms with Gasteiger partial charge in [0.1, 0.15) is 5.82 Å². The largest absolute Gasteiger partial charge is 0.451 e. The Morgan fingerprint density at radius 2 is 1.88 bits per heavy atom. The molecule has 2 saturated heterocycles. The lowest BCUT2D eigenvalue weighted by Gasteiger charge is -2.33. The van der Waals surface area contributed by atoms with Crippen molar-refractivity contribution in [3.05, 3.63) is 87.7 Å². The smallest absolute Gasteiger partial charge is 0.444 e. The Morgan fingerprint density at radius 1 is 1.08 bits per heavy atom. The van der Waals surface area contributed by atoms with E-state index >= 15 is 0 Å². The summed E-state index contributed by atoms with van der Waals surface area (Å²) in [5.41, 5.74) is 3.17. The number of halogens is 5. The van der Waals surface area contributed by atoms with Crippen LogP contribution in [0.1, 0.15) is 60.3 Å². The second-order valence-electron chi connectivity index (χ2n) is 12.8. The number of rotatable bonds is 7. The lowest BCUT2D eigenvalue weighted by atomic mass is 9.88. The number of benzene rings is 2. The first-order valence-electron chi connectivity index (χ1n) is 15.8. The zero-order valence-corrected chi connectivity index (χ0v) is 27.0. The van der Waals surface area contributed by atoms with Gasteiger partial charge in [0.05, 0.1) is 11.3 Å². The standard InChI is InChI=1S/C34H33ClF4N6O3/c1-33(25-7-6-23(35)16-26(25)36)47-28-5-3-4-24(29(28)48-33)19-9-12-45(13-10-19)18-27-21(14-20-8-11-44(2)31(20)46)15-22(17-40-27)30-41-32(43-42-30)34(37,38)39/h3-7,15-17,19-20H,8-14,18H2,1-2H3,(H,41,42,43)/t20-,33-/m1/s1. The maximum atomic E-state index is 14.9. The van der Waals surface area contributed by atoms with Crippen LogP contribution in [0.15, 0.2) is 48.7 Å². The minimum Gasteiger partial charge on any atom is -0.444 e. The maximum Gasteiger partial charge on any atom is 0.451 e. The van der Waals surface area contributed by atoms with Crippen molar-refractivity contribution in [2.24, 2.45) is 5.92 Å². The number of piperidine rings is 1. The number of alkyl halides is 3. The molecule has 252 valence electrons. The average molecular weight is 685 g/mol. The van der Waals surface area contributed by atoms with Crippen molar-refractivity contribution in [2.45, 2.75) is 57.0 Å². The second kappa shape index (κ2) is 12.3. The molecule has 2 fully saturated rings. The van der Waals surface area contributed by atoms with Crippen LogP contribution in [-0.2, 0) is 29.7 Å². The molecule has 48 heavy (non-hydrogen) atoms. The van der Waals surface area contributed by atoms with Gasteiger partial charge in [-0.05, 0) is 80.6 Å². The van der Waals surface area contributed by atoms with Gasteiger partial charge < -0.3 is 14.4 Å². The number of aromatic amines is 1. The third kappa shape index (κ3) is 6.21. The Labute approximate surface area is 279 Å². The number of likely N-dealkylation sites (tertiary alicyclic amines) is 2. The van der Waals surface area contributed by atoms with Crippen molar-refractivity contribution in [2.75, 3.05) is 26.7 Å². The van der Waals surface area contributed by atoms with Crippen molar-refractivity contribution in [3.63, 3.8) is 0 Å². The number of para-hydroxylation sites is 1. The van der Waals surface area contributed by atoms with Crippen LogP contribution in [0, 0.1) is 11.7 Å². The van der Waals surface area contributed by atoms with E-state index in [1.807, 2.05) is 23.3 Å². The van der Waals surface area contributed by atoms with Gasteiger partial charge in [-0.3, -0.25) is 19.8 Å². The molecule has 3 aliphatic heterocycles. The molecular weight excluding hydrogens is 652 g/mol. The molecule has 0 saturated carbocycles. The SMILES string of the molecule is CN1CC[C@H](Cc2cc(-c3n[nH]c(C(F)(F)F)n3)cnc2CN2CCC(c3cccc4c3O[C@](C)(c3ccc(Cl)cc3F)O4)CC2)C1=O. The number of carbonyl (C=O) groups is 1. The molecule has 0 unspecified atom stereocenters. The number of nitrogens with zero attached hydrogens (tertiary/aromatic N) is 5. The average Bonchev–Trinajstić information content (AvgIpc) is 3.76. The molecule has 1 N–H and O–H groups in total. The zero-order valence-electron chi connectivity index (χ0n) is 26.3. The van der Waals surface area contributed by atoms with Gasteiger partial charge in [-0.2, -0.15) is 18.3 Å². The van der Waals surface area contributed by atoms with E-state index in [-0.39, 0.29) is 34.2 Å². The highest BCUT2D eigenvalue weighted by Gasteiger charge is 2.43. The fourth-order valence-electron chi connectivity index (χ4n) is 6.90. The second-order valence-corrected chi connectivity index (χ2v) is 13.2. The first kappa shape index (κ1) is 32.3. The summed E-state index contributed by atoms with van der Waals surface area (Å²) in [4.78, 5) is 25.1. The van der Waals surface area contributed by atoms with Gasteiger partial charge in [0.25, 0.3) is 5.79 Å². The minimum absolute atomic E-state index is 0.0425. The van der Waals surface area contributed by atoms with E-state index in [0.717, 1.165) is 42.8 Å². The van der Waals surface area contributed by atoms with Crippen LogP contribution < -0.4 is 9.47 Å². The quantitative estimate of drug-likeness (QED) is 0.216. The number of ether oxygens (including phenoxy) is 2. The van der Waals surface area contributed by atoms with Gasteiger partial charge in [0.15, 0.2) is 17.3 Å². The monoisotopic (exact) mass is 684 g/mol. The molecule has 3 aliphatic rings. The zero-order chi connectivity index (χ0) is 33.8. The Hall–Kier alpha value is -4.23. The molecule has 0 spiro atoms. The summed E-state index contributed by atoms with van der Waals surface area (Å²) in [6.07, 6.45) is -0.400. The molecule has 0 radical (unpaired) electrons. The summed E-state index contributed by atoms with van der Waals surface area (Å²) < 4.78 is 66.9. The molecule has 5 heterocycles. The van der Waals surface area contributed by atoms with Crippen LogP contribution in [0.5, 0.6) is 11.5 Å². The fraction of sp³-hybridized carbons (Fsp3) is 0.412. The van der Waals surface area contributed by atoms with Gasteiger partial charge in [-0.1, -0.05) is 23.7 Å².